The number of aromatic nitrogens is 2. The number of imide groups is 1. The minimum Gasteiger partial charge on any atom is -0.492 e. The molecule has 3 heterocycles. The highest BCUT2D eigenvalue weighted by molar-refractivity contribution is 6.23. The molecule has 8 nitrogen and oxygen atoms in total. The Hall–Kier alpha value is -3.16. The molecular weight excluding hydrogens is 372 g/mol. The number of urea groups is 1. The van der Waals surface area contributed by atoms with Crippen molar-refractivity contribution in [2.24, 2.45) is 0 Å². The summed E-state index contributed by atoms with van der Waals surface area (Å²) >= 11 is 0. The number of carbonyl (C=O) groups is 2. The molecule has 2 aromatic rings. The molecule has 0 spiro atoms. The molecule has 2 aliphatic heterocycles. The number of anilines is 1. The SMILES string of the molecule is CC[C@@]1(C)NC(=O)N(c2cnc(Oc3ccc(C)c4c3C(C)(C)CO4)nc2)C1=O. The van der Waals surface area contributed by atoms with Gasteiger partial charge in [0.15, 0.2) is 0 Å². The quantitative estimate of drug-likeness (QED) is 0.796. The lowest BCUT2D eigenvalue weighted by Gasteiger charge is -2.19. The summed E-state index contributed by atoms with van der Waals surface area (Å²) in [5.74, 6) is 1.15. The van der Waals surface area contributed by atoms with Crippen LogP contribution in [0.1, 0.15) is 45.2 Å². The molecule has 1 aromatic heterocycles. The van der Waals surface area contributed by atoms with Gasteiger partial charge < -0.3 is 14.8 Å². The number of ether oxygens (including phenoxy) is 2. The molecule has 4 rings (SSSR count). The van der Waals surface area contributed by atoms with E-state index in [4.69, 9.17) is 9.47 Å². The number of hydrogen-bond donors (Lipinski definition) is 1. The van der Waals surface area contributed by atoms with Gasteiger partial charge in [0.2, 0.25) is 0 Å². The Morgan fingerprint density at radius 2 is 1.90 bits per heavy atom. The molecule has 3 amide bonds. The maximum absolute atomic E-state index is 12.6. The fourth-order valence-electron chi connectivity index (χ4n) is 3.64. The maximum Gasteiger partial charge on any atom is 0.329 e. The summed E-state index contributed by atoms with van der Waals surface area (Å²) in [7, 11) is 0. The zero-order valence-electron chi connectivity index (χ0n) is 17.2. The summed E-state index contributed by atoms with van der Waals surface area (Å²) in [4.78, 5) is 34.4. The summed E-state index contributed by atoms with van der Waals surface area (Å²) in [6.45, 7) is 10.3. The first-order chi connectivity index (χ1) is 13.7. The number of aryl methyl sites for hydroxylation is 1. The van der Waals surface area contributed by atoms with Gasteiger partial charge in [0.25, 0.3) is 5.91 Å². The highest BCUT2D eigenvalue weighted by Gasteiger charge is 2.47. The highest BCUT2D eigenvalue weighted by Crippen LogP contribution is 2.46. The van der Waals surface area contributed by atoms with E-state index < -0.39 is 11.6 Å². The number of nitrogens with zero attached hydrogens (tertiary/aromatic N) is 3. The smallest absolute Gasteiger partial charge is 0.329 e. The van der Waals surface area contributed by atoms with Crippen LogP contribution in [0.3, 0.4) is 0 Å². The van der Waals surface area contributed by atoms with Crippen LogP contribution in [0.5, 0.6) is 17.5 Å². The largest absolute Gasteiger partial charge is 0.492 e. The number of carbonyl (C=O) groups excluding carboxylic acids is 2. The lowest BCUT2D eigenvalue weighted by Crippen LogP contribution is -2.43. The van der Waals surface area contributed by atoms with Crippen molar-refractivity contribution >= 4 is 17.6 Å². The maximum atomic E-state index is 12.6. The molecule has 0 bridgehead atoms. The third kappa shape index (κ3) is 2.99. The van der Waals surface area contributed by atoms with Crippen molar-refractivity contribution in [3.05, 3.63) is 35.7 Å². The second kappa shape index (κ2) is 6.43. The summed E-state index contributed by atoms with van der Waals surface area (Å²) < 4.78 is 11.8. The fraction of sp³-hybridized carbons (Fsp3) is 0.429. The minimum atomic E-state index is -0.916. The van der Waals surface area contributed by atoms with Crippen molar-refractivity contribution in [3.8, 4) is 17.5 Å². The van der Waals surface area contributed by atoms with Crippen molar-refractivity contribution in [1.29, 1.82) is 0 Å². The van der Waals surface area contributed by atoms with E-state index in [-0.39, 0.29) is 17.3 Å². The van der Waals surface area contributed by atoms with Crippen molar-refractivity contribution in [2.45, 2.75) is 52.0 Å². The van der Waals surface area contributed by atoms with Gasteiger partial charge in [-0.2, -0.15) is 0 Å². The first kappa shape index (κ1) is 19.2. The third-order valence-corrected chi connectivity index (χ3v) is 5.61. The van der Waals surface area contributed by atoms with Crippen LogP contribution < -0.4 is 19.7 Å². The lowest BCUT2D eigenvalue weighted by molar-refractivity contribution is -0.121. The molecule has 152 valence electrons. The van der Waals surface area contributed by atoms with Gasteiger partial charge in [0.05, 0.1) is 24.7 Å². The molecule has 1 N–H and O–H groups in total. The normalized spacial score (nSPS) is 22.3. The van der Waals surface area contributed by atoms with E-state index in [2.05, 4.69) is 29.1 Å². The van der Waals surface area contributed by atoms with E-state index in [1.54, 1.807) is 6.92 Å². The van der Waals surface area contributed by atoms with Gasteiger partial charge in [0.1, 0.15) is 17.0 Å². The Balaban J connectivity index is 1.61. The van der Waals surface area contributed by atoms with Crippen molar-refractivity contribution < 1.29 is 19.1 Å². The fourth-order valence-corrected chi connectivity index (χ4v) is 3.64. The molecule has 2 aliphatic rings. The van der Waals surface area contributed by atoms with E-state index in [0.717, 1.165) is 21.8 Å². The van der Waals surface area contributed by atoms with Gasteiger partial charge in [0, 0.05) is 11.0 Å². The topological polar surface area (TPSA) is 93.7 Å². The van der Waals surface area contributed by atoms with Gasteiger partial charge in [-0.05, 0) is 31.9 Å². The minimum absolute atomic E-state index is 0.132. The molecule has 1 fully saturated rings. The Bertz CT molecular complexity index is 1000. The molecular formula is C21H24N4O4. The van der Waals surface area contributed by atoms with E-state index >= 15 is 0 Å². The second-order valence-electron chi connectivity index (χ2n) is 8.34. The summed E-state index contributed by atoms with van der Waals surface area (Å²) in [5.41, 5.74) is 1.22. The monoisotopic (exact) mass is 396 g/mol. The van der Waals surface area contributed by atoms with Crippen molar-refractivity contribution in [3.63, 3.8) is 0 Å². The summed E-state index contributed by atoms with van der Waals surface area (Å²) in [6, 6.07) is 3.47. The Morgan fingerprint density at radius 1 is 1.21 bits per heavy atom. The van der Waals surface area contributed by atoms with Crippen LogP contribution in [0.4, 0.5) is 10.5 Å². The van der Waals surface area contributed by atoms with Gasteiger partial charge in [-0.1, -0.05) is 26.8 Å². The van der Waals surface area contributed by atoms with Gasteiger partial charge in [-0.3, -0.25) is 4.79 Å². The van der Waals surface area contributed by atoms with Crippen LogP contribution >= 0.6 is 0 Å². The van der Waals surface area contributed by atoms with E-state index in [1.807, 2.05) is 26.0 Å². The summed E-state index contributed by atoms with van der Waals surface area (Å²) in [6.07, 6.45) is 3.32. The highest BCUT2D eigenvalue weighted by atomic mass is 16.5. The Morgan fingerprint density at radius 3 is 2.52 bits per heavy atom. The zero-order chi connectivity index (χ0) is 21.0. The first-order valence-corrected chi connectivity index (χ1v) is 9.60. The van der Waals surface area contributed by atoms with Crippen LogP contribution in [0.2, 0.25) is 0 Å². The predicted octanol–water partition coefficient (Wildman–Crippen LogP) is 3.47. The summed E-state index contributed by atoms with van der Waals surface area (Å²) in [5, 5.41) is 2.71. The molecule has 1 saturated heterocycles. The van der Waals surface area contributed by atoms with Gasteiger partial charge >= 0.3 is 12.0 Å². The van der Waals surface area contributed by atoms with E-state index in [9.17, 15) is 9.59 Å². The van der Waals surface area contributed by atoms with Crippen molar-refractivity contribution in [1.82, 2.24) is 15.3 Å². The molecule has 0 unspecified atom stereocenters. The van der Waals surface area contributed by atoms with Crippen LogP contribution in [0, 0.1) is 6.92 Å². The number of hydrogen-bond acceptors (Lipinski definition) is 6. The molecule has 1 aromatic carbocycles. The number of benzene rings is 1. The zero-order valence-corrected chi connectivity index (χ0v) is 17.2. The molecule has 0 saturated carbocycles. The van der Waals surface area contributed by atoms with Crippen LogP contribution in [-0.4, -0.2) is 34.1 Å². The Labute approximate surface area is 169 Å². The Kier molecular flexibility index (Phi) is 4.25. The predicted molar refractivity (Wildman–Crippen MR) is 107 cm³/mol. The van der Waals surface area contributed by atoms with Crippen LogP contribution in [0.15, 0.2) is 24.5 Å². The molecule has 8 heteroatoms. The molecule has 0 radical (unpaired) electrons. The molecule has 0 aliphatic carbocycles. The molecule has 1 atom stereocenters. The van der Waals surface area contributed by atoms with E-state index in [1.165, 1.54) is 12.4 Å². The number of fused-ring (bicyclic) bond motifs is 1. The first-order valence-electron chi connectivity index (χ1n) is 9.60. The van der Waals surface area contributed by atoms with Crippen LogP contribution in [0.25, 0.3) is 0 Å². The van der Waals surface area contributed by atoms with Gasteiger partial charge in [-0.25, -0.2) is 19.7 Å². The number of nitrogens with one attached hydrogen (secondary N) is 1. The second-order valence-corrected chi connectivity index (χ2v) is 8.34. The average Bonchev–Trinajstić information content (AvgIpc) is 3.12. The lowest BCUT2D eigenvalue weighted by atomic mass is 9.85. The van der Waals surface area contributed by atoms with Crippen molar-refractivity contribution in [2.75, 3.05) is 11.5 Å². The number of rotatable bonds is 4. The van der Waals surface area contributed by atoms with E-state index in [0.29, 0.717) is 24.5 Å². The van der Waals surface area contributed by atoms with Crippen LogP contribution in [-0.2, 0) is 10.2 Å². The van der Waals surface area contributed by atoms with Gasteiger partial charge in [-0.15, -0.1) is 0 Å². The average molecular weight is 396 g/mol. The molecule has 29 heavy (non-hydrogen) atoms. The third-order valence-electron chi connectivity index (χ3n) is 5.61. The number of amides is 3. The standard InChI is InChI=1S/C21H24N4O4/c1-6-21(5)17(26)25(19(27)24-21)13-9-22-18(23-10-13)29-14-8-7-12(2)16-15(14)20(3,4)11-28-16/h7-10H,6,11H2,1-5H3,(H,24,27)/t21-/m1/s1.